The molecule has 0 bridgehead atoms. The van der Waals surface area contributed by atoms with Crippen molar-refractivity contribution in [3.05, 3.63) is 0 Å². The molecule has 2 amide bonds. The third-order valence-electron chi connectivity index (χ3n) is 25.9. The summed E-state index contributed by atoms with van der Waals surface area (Å²) in [6, 6.07) is -3.78. The van der Waals surface area contributed by atoms with Gasteiger partial charge in [-0.2, -0.15) is 0 Å². The van der Waals surface area contributed by atoms with Gasteiger partial charge in [0.25, 0.3) is 0 Å². The van der Waals surface area contributed by atoms with Gasteiger partial charge in [0.05, 0.1) is 79.3 Å². The maximum absolute atomic E-state index is 13.2. The molecule has 60 atom stereocenters. The van der Waals surface area contributed by atoms with E-state index in [0.717, 1.165) is 13.8 Å². The summed E-state index contributed by atoms with van der Waals surface area (Å²) in [5, 5.41) is 408. The van der Waals surface area contributed by atoms with E-state index in [1.165, 1.54) is 0 Å². The lowest BCUT2D eigenvalue weighted by Gasteiger charge is -2.51. The Balaban J connectivity index is 0.911. The topological polar surface area (TPSA) is 999 Å². The highest BCUT2D eigenvalue weighted by atomic mass is 16.8. The van der Waals surface area contributed by atoms with Gasteiger partial charge in [-0.3, -0.25) is 9.59 Å². The Morgan fingerprint density at radius 3 is 0.763 bits per heavy atom. The third kappa shape index (κ3) is 24.7. The fraction of sp³-hybridized carbons (Fsp3) is 0.974. The number of nitrogens with one attached hydrogen (secondary N) is 2. The molecule has 0 unspecified atom stereocenters. The number of carbonyl (C=O) groups excluding carboxylic acids is 2. The maximum Gasteiger partial charge on any atom is 0.217 e. The minimum Gasteiger partial charge on any atom is -0.394 e. The minimum atomic E-state index is -2.79. The second kappa shape index (κ2) is 49.8. The van der Waals surface area contributed by atoms with E-state index >= 15 is 0 Å². The van der Waals surface area contributed by atoms with E-state index in [9.17, 15) is 193 Å². The summed E-state index contributed by atoms with van der Waals surface area (Å²) >= 11 is 0. The molecule has 63 heteroatoms. The molecule has 12 saturated heterocycles. The van der Waals surface area contributed by atoms with Crippen LogP contribution in [-0.4, -0.2) is 643 Å². The molecular formula is C76H128N2O61. The smallest absolute Gasteiger partial charge is 0.217 e. The summed E-state index contributed by atoms with van der Waals surface area (Å²) in [5.74, 6) is -1.87. The Morgan fingerprint density at radius 2 is 0.396 bits per heavy atom. The number of ether oxygens (including phenoxy) is 23. The minimum absolute atomic E-state index is 0.843. The number of hydrogen-bond donors (Lipinski definition) is 38. The lowest BCUT2D eigenvalue weighted by molar-refractivity contribution is -0.410. The predicted octanol–water partition coefficient (Wildman–Crippen LogP) is -26.9. The monoisotopic (exact) mass is 2040 g/mol. The van der Waals surface area contributed by atoms with Gasteiger partial charge in [-0.05, 0) is 0 Å². The van der Waals surface area contributed by atoms with Gasteiger partial charge in [0.2, 0.25) is 11.8 Å². The Bertz CT molecular complexity index is 3730. The molecule has 0 aromatic rings. The molecule has 12 aliphatic heterocycles. The van der Waals surface area contributed by atoms with Crippen LogP contribution in [-0.2, 0) is 119 Å². The zero-order valence-corrected chi connectivity index (χ0v) is 73.4. The molecule has 12 rings (SSSR count). The molecule has 0 aliphatic carbocycles. The summed E-state index contributed by atoms with van der Waals surface area (Å²) < 4.78 is 136. The van der Waals surface area contributed by atoms with E-state index in [0.29, 0.717) is 0 Å². The van der Waals surface area contributed by atoms with E-state index in [1.54, 1.807) is 0 Å². The number of aliphatic hydroxyl groups excluding tert-OH is 36. The fourth-order valence-electron chi connectivity index (χ4n) is 17.8. The quantitative estimate of drug-likeness (QED) is 0.0277. The summed E-state index contributed by atoms with van der Waals surface area (Å²) in [6.45, 7) is -12.2. The van der Waals surface area contributed by atoms with Crippen LogP contribution in [0.25, 0.3) is 0 Å². The lowest BCUT2D eigenvalue weighted by atomic mass is 9.94. The van der Waals surface area contributed by atoms with Gasteiger partial charge in [0.15, 0.2) is 75.5 Å². The van der Waals surface area contributed by atoms with E-state index in [4.69, 9.17) is 109 Å². The van der Waals surface area contributed by atoms with Gasteiger partial charge in [0.1, 0.15) is 293 Å². The first-order valence-corrected chi connectivity index (χ1v) is 44.2. The van der Waals surface area contributed by atoms with Gasteiger partial charge < -0.3 is 303 Å². The first-order chi connectivity index (χ1) is 65.8. The summed E-state index contributed by atoms with van der Waals surface area (Å²) in [6.07, 6.45) is -130. The van der Waals surface area contributed by atoms with Crippen LogP contribution >= 0.6 is 0 Å². The number of amides is 2. The molecule has 38 N–H and O–H groups in total. The molecular weight excluding hydrogens is 1920 g/mol. The van der Waals surface area contributed by atoms with Crippen molar-refractivity contribution in [1.29, 1.82) is 0 Å². The van der Waals surface area contributed by atoms with Gasteiger partial charge >= 0.3 is 0 Å². The molecule has 0 spiro atoms. The molecule has 0 aromatic carbocycles. The Labute approximate surface area is 784 Å². The van der Waals surface area contributed by atoms with Crippen LogP contribution in [0.5, 0.6) is 0 Å². The van der Waals surface area contributed by atoms with Gasteiger partial charge in [-0.15, -0.1) is 0 Å². The Hall–Kier alpha value is -3.42. The highest BCUT2D eigenvalue weighted by molar-refractivity contribution is 5.73. The molecule has 139 heavy (non-hydrogen) atoms. The molecule has 0 saturated carbocycles. The van der Waals surface area contributed by atoms with Crippen LogP contribution in [0, 0.1) is 0 Å². The normalized spacial score (nSPS) is 51.9. The van der Waals surface area contributed by atoms with E-state index in [-0.39, 0.29) is 0 Å². The van der Waals surface area contributed by atoms with Gasteiger partial charge in [-0.1, -0.05) is 0 Å². The standard InChI is InChI=1S/C76H128N2O61/c1-15(88)77-29-41(100)57(24(10-86)120-65(29)116)132-66-30(78-16(2)89)42(101)58(25(11-87)128-66)133-72-56(115)60(135-76-64(50(109)38(97)26(131-76)12-117-67-51(110)43(102)31(90)17(3-79)121-67)139-75-63(49(108)37(96)23(9-85)127-75)137-71-54(113)46(105)34(93)20(6-82)124-71)40(99)28(130-72)13-118-68-55(114)59(134-69-52(111)44(103)32(91)18(4-80)122-69)39(98)27(129-68)14-119-73-61(47(106)35(94)21(7-83)125-73)138-74-62(48(107)36(95)22(8-84)126-74)136-70-53(112)45(104)33(92)19(5-81)123-70/h17-76,79-87,90-116H,3-14H2,1-2H3,(H,77,88)(H,78,89)/t17-,18-,19-,20-,21-,22-,23-,24-,25-,26-,27-,28-,29-,30-,31-,32-,33-,34-,35-,36-,37-,38-,39-,40-,41-,42-,43+,44+,45+,46+,47+,48+,49+,50+,51+,52+,53+,54+,55+,56+,57-,58-,59+,60+,61+,62+,63+,64+,65-,66+,67+,68+,69-,70-,71-,72+,73+,74-,75-,76-/m1/s1. The van der Waals surface area contributed by atoms with Crippen LogP contribution in [0.1, 0.15) is 13.8 Å². The summed E-state index contributed by atoms with van der Waals surface area (Å²) in [4.78, 5) is 25.5. The van der Waals surface area contributed by atoms with E-state index in [1.807, 2.05) is 0 Å². The predicted molar refractivity (Wildman–Crippen MR) is 418 cm³/mol. The number of rotatable bonds is 36. The SMILES string of the molecule is CC(=O)N[C@@H]1[C@@H](O)[C@H](O[C@@H]2O[C@H](CO)[C@@H](O[C@@H]3O[C@H](CO[C@H]4O[C@H](CO[C@H]5O[C@H](CO)[C@@H](O)[C@H](O)[C@@H]5O[C@H]5O[C@H](CO)[C@@H](O)[C@H](O)[C@@H]5O[C@H]5O[C@H](CO)[C@@H](O)[C@H](O)[C@@H]5O)[C@@H](O)[C@H](O[C@H]5O[C@H](CO)[C@@H](O)[C@H](O)[C@@H]5O)[C@@H]4O)[C@@H](O)[C@H](O[C@H]4O[C@H](CO[C@H]5O[C@H](CO)[C@@H](O)[C@H](O)[C@@H]5O)[C@@H](O)[C@H](O)[C@@H]4O[C@H]4O[C@H](CO)[C@@H](O)[C@H](O)[C@@H]4O[C@H]4O[C@H](CO)[C@@H](O)[C@H](O)[C@@H]4O)[C@@H]3O)[C@H](O)[C@H]2NC(C)=O)[C@@H](CO)O[C@H]1O. The molecule has 12 aliphatic rings. The average molecular weight is 2050 g/mol. The molecule has 0 aromatic heterocycles. The maximum atomic E-state index is 13.2. The number of carbonyl (C=O) groups is 2. The number of hydrogen-bond acceptors (Lipinski definition) is 61. The molecule has 63 nitrogen and oxygen atoms in total. The van der Waals surface area contributed by atoms with Crippen LogP contribution in [0.4, 0.5) is 0 Å². The molecule has 808 valence electrons. The van der Waals surface area contributed by atoms with Crippen LogP contribution < -0.4 is 10.6 Å². The average Bonchev–Trinajstić information content (AvgIpc) is 0.763. The third-order valence-corrected chi connectivity index (χ3v) is 25.9. The van der Waals surface area contributed by atoms with Crippen LogP contribution in [0.15, 0.2) is 0 Å². The molecule has 0 radical (unpaired) electrons. The van der Waals surface area contributed by atoms with Crippen molar-refractivity contribution in [2.45, 2.75) is 382 Å². The van der Waals surface area contributed by atoms with Crippen molar-refractivity contribution >= 4 is 11.8 Å². The van der Waals surface area contributed by atoms with Gasteiger partial charge in [-0.25, -0.2) is 0 Å². The second-order valence-corrected chi connectivity index (χ2v) is 35.2. The summed E-state index contributed by atoms with van der Waals surface area (Å²) in [7, 11) is 0. The highest BCUT2D eigenvalue weighted by Crippen LogP contribution is 2.42. The Kier molecular flexibility index (Phi) is 41.0. The fourth-order valence-corrected chi connectivity index (χ4v) is 17.8. The lowest BCUT2D eigenvalue weighted by Crippen LogP contribution is -2.70. The molecule has 12 fully saturated rings. The first kappa shape index (κ1) is 114. The first-order valence-electron chi connectivity index (χ1n) is 44.2. The number of aliphatic hydroxyl groups is 36. The van der Waals surface area contributed by atoms with Crippen molar-refractivity contribution in [1.82, 2.24) is 10.6 Å². The Morgan fingerprint density at radius 1 is 0.187 bits per heavy atom. The molecule has 12 heterocycles. The zero-order chi connectivity index (χ0) is 102. The van der Waals surface area contributed by atoms with Gasteiger partial charge in [0, 0.05) is 13.8 Å². The van der Waals surface area contributed by atoms with E-state index < -0.39 is 459 Å². The van der Waals surface area contributed by atoms with E-state index in [2.05, 4.69) is 10.6 Å². The van der Waals surface area contributed by atoms with Crippen molar-refractivity contribution < 1.29 is 302 Å². The zero-order valence-electron chi connectivity index (χ0n) is 73.4. The summed E-state index contributed by atoms with van der Waals surface area (Å²) in [5.41, 5.74) is 0. The second-order valence-electron chi connectivity index (χ2n) is 35.2. The van der Waals surface area contributed by atoms with Crippen molar-refractivity contribution in [2.24, 2.45) is 0 Å². The van der Waals surface area contributed by atoms with Crippen molar-refractivity contribution in [3.63, 3.8) is 0 Å². The van der Waals surface area contributed by atoms with Crippen LogP contribution in [0.2, 0.25) is 0 Å². The van der Waals surface area contributed by atoms with Crippen LogP contribution in [0.3, 0.4) is 0 Å². The van der Waals surface area contributed by atoms with Crippen molar-refractivity contribution in [2.75, 3.05) is 79.3 Å². The van der Waals surface area contributed by atoms with Crippen molar-refractivity contribution in [3.8, 4) is 0 Å². The highest BCUT2D eigenvalue weighted by Gasteiger charge is 2.63. The largest absolute Gasteiger partial charge is 0.394 e.